The predicted molar refractivity (Wildman–Crippen MR) is 143 cm³/mol. The summed E-state index contributed by atoms with van der Waals surface area (Å²) in [6.07, 6.45) is 0.995. The molecule has 5 aromatic rings. The van der Waals surface area contributed by atoms with E-state index < -0.39 is 0 Å². The summed E-state index contributed by atoms with van der Waals surface area (Å²) in [5.74, 6) is 3.04. The van der Waals surface area contributed by atoms with Gasteiger partial charge in [0.05, 0.1) is 17.2 Å². The molecule has 0 radical (unpaired) electrons. The van der Waals surface area contributed by atoms with Gasteiger partial charge in [0.1, 0.15) is 12.4 Å². The molecule has 0 saturated carbocycles. The molecule has 0 N–H and O–H groups in total. The molecule has 0 aliphatic carbocycles. The van der Waals surface area contributed by atoms with E-state index in [0.29, 0.717) is 29.1 Å². The molecule has 5 rings (SSSR count). The molecule has 0 spiro atoms. The van der Waals surface area contributed by atoms with E-state index in [-0.39, 0.29) is 6.61 Å². The van der Waals surface area contributed by atoms with Crippen LogP contribution in [0.3, 0.4) is 0 Å². The quantitative estimate of drug-likeness (QED) is 0.180. The van der Waals surface area contributed by atoms with Crippen molar-refractivity contribution in [3.63, 3.8) is 0 Å². The first-order valence-electron chi connectivity index (χ1n) is 11.5. The molecule has 0 aliphatic rings. The largest absolute Gasteiger partial charge is 0.486 e. The average molecular weight is 538 g/mol. The third-order valence-electron chi connectivity index (χ3n) is 5.50. The maximum absolute atomic E-state index is 5.98. The van der Waals surface area contributed by atoms with E-state index in [1.54, 1.807) is 23.5 Å². The fourth-order valence-electron chi connectivity index (χ4n) is 3.65. The zero-order chi connectivity index (χ0) is 24.9. The molecule has 2 aromatic carbocycles. The molecule has 0 bridgehead atoms. The van der Waals surface area contributed by atoms with Gasteiger partial charge in [-0.05, 0) is 54.8 Å². The Morgan fingerprint density at radius 2 is 1.83 bits per heavy atom. The summed E-state index contributed by atoms with van der Waals surface area (Å²) in [6.45, 7) is 5.17. The maximum atomic E-state index is 5.98. The van der Waals surface area contributed by atoms with Gasteiger partial charge in [-0.1, -0.05) is 60.6 Å². The number of aryl methyl sites for hydroxylation is 2. The first kappa shape index (κ1) is 24.5. The summed E-state index contributed by atoms with van der Waals surface area (Å²) < 4.78 is 14.0. The van der Waals surface area contributed by atoms with Crippen molar-refractivity contribution in [1.82, 2.24) is 25.0 Å². The van der Waals surface area contributed by atoms with Crippen LogP contribution >= 0.6 is 34.7 Å². The number of nitrogens with zero attached hydrogens (tertiary/aromatic N) is 5. The highest BCUT2D eigenvalue weighted by atomic mass is 35.5. The predicted octanol–water partition coefficient (Wildman–Crippen LogP) is 6.83. The second kappa shape index (κ2) is 11.3. The molecule has 0 aliphatic heterocycles. The number of hydrogen-bond acceptors (Lipinski definition) is 8. The van der Waals surface area contributed by atoms with Crippen LogP contribution in [0.1, 0.15) is 34.6 Å². The monoisotopic (exact) mass is 537 g/mol. The van der Waals surface area contributed by atoms with Crippen molar-refractivity contribution in [1.29, 1.82) is 0 Å². The molecule has 0 atom stereocenters. The summed E-state index contributed by atoms with van der Waals surface area (Å²) in [7, 11) is 0. The molecule has 10 heteroatoms. The topological polar surface area (TPSA) is 78.9 Å². The van der Waals surface area contributed by atoms with Gasteiger partial charge in [-0.15, -0.1) is 31.7 Å². The lowest BCUT2D eigenvalue weighted by atomic mass is 10.2. The Balaban J connectivity index is 1.32. The summed E-state index contributed by atoms with van der Waals surface area (Å²) in [5.41, 5.74) is 2.40. The zero-order valence-corrected chi connectivity index (χ0v) is 22.2. The Labute approximate surface area is 222 Å². The van der Waals surface area contributed by atoms with Gasteiger partial charge in [0.2, 0.25) is 5.89 Å². The van der Waals surface area contributed by atoms with E-state index in [4.69, 9.17) is 20.8 Å². The first-order valence-corrected chi connectivity index (χ1v) is 13.7. The molecule has 7 nitrogen and oxygen atoms in total. The SMILES string of the molecule is CCc1sc(-c2nnc(CSc3nnc(COc4ccc(Cl)cc4)n3Cc3ccccc3)o2)cc1C. The van der Waals surface area contributed by atoms with E-state index in [1.807, 2.05) is 30.3 Å². The molecule has 3 heterocycles. The highest BCUT2D eigenvalue weighted by Gasteiger charge is 2.17. The number of thioether (sulfide) groups is 1. The first-order chi connectivity index (χ1) is 17.6. The summed E-state index contributed by atoms with van der Waals surface area (Å²) >= 11 is 9.19. The highest BCUT2D eigenvalue weighted by Crippen LogP contribution is 2.32. The lowest BCUT2D eigenvalue weighted by Crippen LogP contribution is -2.09. The minimum Gasteiger partial charge on any atom is -0.486 e. The van der Waals surface area contributed by atoms with Crippen LogP contribution in [0, 0.1) is 6.92 Å². The molecule has 184 valence electrons. The van der Waals surface area contributed by atoms with Crippen LogP contribution in [-0.2, 0) is 25.3 Å². The van der Waals surface area contributed by atoms with E-state index in [1.165, 1.54) is 22.2 Å². The van der Waals surface area contributed by atoms with Crippen molar-refractivity contribution >= 4 is 34.7 Å². The number of rotatable bonds is 10. The second-order valence-electron chi connectivity index (χ2n) is 8.07. The van der Waals surface area contributed by atoms with Crippen molar-refractivity contribution in [2.75, 3.05) is 0 Å². The third kappa shape index (κ3) is 5.80. The number of thiophene rings is 1. The van der Waals surface area contributed by atoms with Gasteiger partial charge >= 0.3 is 0 Å². The number of benzene rings is 2. The van der Waals surface area contributed by atoms with Crippen LogP contribution in [0.5, 0.6) is 5.75 Å². The van der Waals surface area contributed by atoms with Crippen molar-refractivity contribution in [3.8, 4) is 16.5 Å². The molecule has 0 amide bonds. The van der Waals surface area contributed by atoms with Crippen LogP contribution in [0.15, 0.2) is 70.2 Å². The molecule has 36 heavy (non-hydrogen) atoms. The van der Waals surface area contributed by atoms with Gasteiger partial charge in [0.15, 0.2) is 11.0 Å². The minimum atomic E-state index is 0.282. The molecule has 0 unspecified atom stereocenters. The molecular formula is C26H24ClN5O2S2. The fourth-order valence-corrected chi connectivity index (χ4v) is 5.60. The van der Waals surface area contributed by atoms with Gasteiger partial charge < -0.3 is 9.15 Å². The summed E-state index contributed by atoms with van der Waals surface area (Å²) in [6, 6.07) is 19.6. The van der Waals surface area contributed by atoms with Crippen LogP contribution < -0.4 is 4.74 Å². The maximum Gasteiger partial charge on any atom is 0.257 e. The molecule has 0 fully saturated rings. The van der Waals surface area contributed by atoms with Gasteiger partial charge in [0.25, 0.3) is 5.89 Å². The third-order valence-corrected chi connectivity index (χ3v) is 8.08. The van der Waals surface area contributed by atoms with Crippen LogP contribution in [-0.4, -0.2) is 25.0 Å². The Morgan fingerprint density at radius 1 is 1.03 bits per heavy atom. The van der Waals surface area contributed by atoms with Crippen molar-refractivity contribution in [3.05, 3.63) is 93.4 Å². The zero-order valence-electron chi connectivity index (χ0n) is 19.8. The van der Waals surface area contributed by atoms with E-state index in [2.05, 4.69) is 57.0 Å². The standard InChI is InChI=1S/C26H24ClN5O2S2/c1-3-21-17(2)13-22(36-21)25-30-29-24(34-25)16-35-26-31-28-23(15-33-20-11-9-19(27)10-12-20)32(26)14-18-7-5-4-6-8-18/h4-13H,3,14-16H2,1-2H3. The fraction of sp³-hybridized carbons (Fsp3) is 0.231. The van der Waals surface area contributed by atoms with Crippen LogP contribution in [0.4, 0.5) is 0 Å². The number of ether oxygens (including phenoxy) is 1. The normalized spacial score (nSPS) is 11.2. The molecule has 3 aromatic heterocycles. The Morgan fingerprint density at radius 3 is 2.58 bits per heavy atom. The average Bonchev–Trinajstić information content (AvgIpc) is 3.62. The van der Waals surface area contributed by atoms with E-state index in [9.17, 15) is 0 Å². The van der Waals surface area contributed by atoms with Crippen LogP contribution in [0.2, 0.25) is 5.02 Å². The van der Waals surface area contributed by atoms with E-state index in [0.717, 1.165) is 33.6 Å². The van der Waals surface area contributed by atoms with Crippen LogP contribution in [0.25, 0.3) is 10.8 Å². The van der Waals surface area contributed by atoms with Gasteiger partial charge in [-0.3, -0.25) is 4.57 Å². The van der Waals surface area contributed by atoms with Crippen molar-refractivity contribution in [2.24, 2.45) is 0 Å². The van der Waals surface area contributed by atoms with Gasteiger partial charge in [0, 0.05) is 9.90 Å². The lowest BCUT2D eigenvalue weighted by molar-refractivity contribution is 0.289. The smallest absolute Gasteiger partial charge is 0.257 e. The van der Waals surface area contributed by atoms with Gasteiger partial charge in [-0.25, -0.2) is 0 Å². The minimum absolute atomic E-state index is 0.282. The number of halogens is 1. The summed E-state index contributed by atoms with van der Waals surface area (Å²) in [4.78, 5) is 2.34. The summed E-state index contributed by atoms with van der Waals surface area (Å²) in [5, 5.41) is 18.8. The Kier molecular flexibility index (Phi) is 7.69. The number of aromatic nitrogens is 5. The second-order valence-corrected chi connectivity index (χ2v) is 10.6. The Hall–Kier alpha value is -3.14. The molecular weight excluding hydrogens is 514 g/mol. The van der Waals surface area contributed by atoms with Gasteiger partial charge in [-0.2, -0.15) is 0 Å². The molecule has 0 saturated heterocycles. The Bertz CT molecular complexity index is 1430. The number of hydrogen-bond donors (Lipinski definition) is 0. The van der Waals surface area contributed by atoms with E-state index >= 15 is 0 Å². The lowest BCUT2D eigenvalue weighted by Gasteiger charge is -2.11. The van der Waals surface area contributed by atoms with Crippen molar-refractivity contribution in [2.45, 2.75) is 44.3 Å². The highest BCUT2D eigenvalue weighted by molar-refractivity contribution is 7.98. The van der Waals surface area contributed by atoms with Crippen molar-refractivity contribution < 1.29 is 9.15 Å².